The van der Waals surface area contributed by atoms with Gasteiger partial charge in [0.2, 0.25) is 0 Å². The average Bonchev–Trinajstić information content (AvgIpc) is 2.95. The van der Waals surface area contributed by atoms with Gasteiger partial charge in [-0.05, 0) is 30.7 Å². The van der Waals surface area contributed by atoms with E-state index < -0.39 is 0 Å². The molecule has 1 amide bonds. The van der Waals surface area contributed by atoms with E-state index >= 15 is 0 Å². The third-order valence-corrected chi connectivity index (χ3v) is 2.53. The molecule has 0 spiro atoms. The van der Waals surface area contributed by atoms with Gasteiger partial charge in [0.15, 0.2) is 0 Å². The highest BCUT2D eigenvalue weighted by atomic mass is 16.2. The minimum Gasteiger partial charge on any atom is -0.384 e. The van der Waals surface area contributed by atoms with E-state index in [1.165, 1.54) is 6.33 Å². The van der Waals surface area contributed by atoms with Crippen LogP contribution in [0.2, 0.25) is 0 Å². The Kier molecular flexibility index (Phi) is 4.47. The van der Waals surface area contributed by atoms with Crippen LogP contribution in [0.25, 0.3) is 0 Å². The predicted octanol–water partition coefficient (Wildman–Crippen LogP) is 0.387. The molecule has 3 N–H and O–H groups in total. The molecule has 6 heteroatoms. The quantitative estimate of drug-likeness (QED) is 0.703. The first-order valence-corrected chi connectivity index (χ1v) is 6.03. The number of amides is 1. The molecule has 2 aromatic rings. The first kappa shape index (κ1) is 13.8. The van der Waals surface area contributed by atoms with E-state index in [1.807, 2.05) is 13.0 Å². The van der Waals surface area contributed by atoms with Crippen LogP contribution in [0.3, 0.4) is 0 Å². The van der Waals surface area contributed by atoms with Crippen molar-refractivity contribution in [2.75, 3.05) is 6.61 Å². The third-order valence-electron chi connectivity index (χ3n) is 2.53. The summed E-state index contributed by atoms with van der Waals surface area (Å²) in [6, 6.07) is 5.32. The lowest BCUT2D eigenvalue weighted by Gasteiger charge is -2.05. The maximum atomic E-state index is 12.0. The largest absolute Gasteiger partial charge is 0.384 e. The highest BCUT2D eigenvalue weighted by Gasteiger charge is 2.07. The summed E-state index contributed by atoms with van der Waals surface area (Å²) in [6.45, 7) is 1.96. The zero-order chi connectivity index (χ0) is 14.4. The molecule has 0 aliphatic heterocycles. The van der Waals surface area contributed by atoms with Crippen molar-refractivity contribution >= 4 is 5.91 Å². The number of aryl methyl sites for hydroxylation is 1. The first-order valence-electron chi connectivity index (χ1n) is 6.03. The Morgan fingerprint density at radius 2 is 2.30 bits per heavy atom. The van der Waals surface area contributed by atoms with Crippen molar-refractivity contribution in [2.24, 2.45) is 0 Å². The van der Waals surface area contributed by atoms with E-state index in [0.717, 1.165) is 5.56 Å². The number of rotatable bonds is 3. The summed E-state index contributed by atoms with van der Waals surface area (Å²) < 4.78 is 0. The minimum absolute atomic E-state index is 0.207. The van der Waals surface area contributed by atoms with E-state index in [2.05, 4.69) is 32.3 Å². The molecule has 0 aliphatic rings. The molecule has 6 nitrogen and oxygen atoms in total. The standard InChI is InChI=1S/C14H14N4O2/c1-10-5-11(3-2-4-19)7-12(6-10)14(20)15-8-13-16-9-17-18-13/h5-7,9,19H,4,8H2,1H3,(H,15,20)(H,16,17,18). The van der Waals surface area contributed by atoms with Crippen LogP contribution in [0.5, 0.6) is 0 Å². The molecule has 0 atom stereocenters. The second kappa shape index (κ2) is 6.50. The lowest BCUT2D eigenvalue weighted by molar-refractivity contribution is 0.0950. The molecule has 0 unspecified atom stereocenters. The van der Waals surface area contributed by atoms with E-state index in [0.29, 0.717) is 17.0 Å². The van der Waals surface area contributed by atoms with E-state index in [9.17, 15) is 4.79 Å². The molecule has 0 saturated heterocycles. The van der Waals surface area contributed by atoms with Crippen LogP contribution in [0.15, 0.2) is 24.5 Å². The maximum absolute atomic E-state index is 12.0. The fraction of sp³-hybridized carbons (Fsp3) is 0.214. The highest BCUT2D eigenvalue weighted by molar-refractivity contribution is 5.94. The summed E-state index contributed by atoms with van der Waals surface area (Å²) in [6.07, 6.45) is 1.39. The van der Waals surface area contributed by atoms with Crippen molar-refractivity contribution < 1.29 is 9.90 Å². The lowest BCUT2D eigenvalue weighted by atomic mass is 10.1. The van der Waals surface area contributed by atoms with Crippen molar-refractivity contribution in [1.82, 2.24) is 20.5 Å². The van der Waals surface area contributed by atoms with Gasteiger partial charge in [-0.3, -0.25) is 9.89 Å². The maximum Gasteiger partial charge on any atom is 0.251 e. The van der Waals surface area contributed by atoms with Crippen molar-refractivity contribution in [3.63, 3.8) is 0 Å². The third kappa shape index (κ3) is 3.67. The van der Waals surface area contributed by atoms with Gasteiger partial charge >= 0.3 is 0 Å². The van der Waals surface area contributed by atoms with Gasteiger partial charge in [0, 0.05) is 11.1 Å². The van der Waals surface area contributed by atoms with E-state index in [-0.39, 0.29) is 19.1 Å². The molecular formula is C14H14N4O2. The molecule has 0 radical (unpaired) electrons. The Hall–Kier alpha value is -2.65. The number of aliphatic hydroxyl groups excluding tert-OH is 1. The predicted molar refractivity (Wildman–Crippen MR) is 72.7 cm³/mol. The molecule has 0 saturated carbocycles. The van der Waals surface area contributed by atoms with Crippen molar-refractivity contribution in [2.45, 2.75) is 13.5 Å². The topological polar surface area (TPSA) is 90.9 Å². The number of carbonyl (C=O) groups excluding carboxylic acids is 1. The number of hydrogen-bond donors (Lipinski definition) is 3. The number of nitrogens with one attached hydrogen (secondary N) is 2. The number of aromatic nitrogens is 3. The number of hydrogen-bond acceptors (Lipinski definition) is 4. The smallest absolute Gasteiger partial charge is 0.251 e. The van der Waals surface area contributed by atoms with Crippen LogP contribution in [0.4, 0.5) is 0 Å². The molecule has 1 heterocycles. The molecule has 0 aliphatic carbocycles. The molecule has 2 rings (SSSR count). The van der Waals surface area contributed by atoms with Gasteiger partial charge < -0.3 is 10.4 Å². The highest BCUT2D eigenvalue weighted by Crippen LogP contribution is 2.09. The van der Waals surface area contributed by atoms with Gasteiger partial charge in [0.25, 0.3) is 5.91 Å². The summed E-state index contributed by atoms with van der Waals surface area (Å²) in [5.74, 6) is 5.73. The van der Waals surface area contributed by atoms with Gasteiger partial charge in [-0.2, -0.15) is 5.10 Å². The van der Waals surface area contributed by atoms with Gasteiger partial charge in [0.1, 0.15) is 18.8 Å². The Labute approximate surface area is 116 Å². The number of H-pyrrole nitrogens is 1. The second-order valence-electron chi connectivity index (χ2n) is 4.16. The van der Waals surface area contributed by atoms with Crippen LogP contribution in [0, 0.1) is 18.8 Å². The van der Waals surface area contributed by atoms with Crippen LogP contribution in [0.1, 0.15) is 27.3 Å². The average molecular weight is 270 g/mol. The summed E-state index contributed by atoms with van der Waals surface area (Å²) in [5, 5.41) is 17.8. The van der Waals surface area contributed by atoms with Gasteiger partial charge in [-0.25, -0.2) is 4.98 Å². The van der Waals surface area contributed by atoms with Crippen molar-refractivity contribution in [3.8, 4) is 11.8 Å². The molecule has 0 bridgehead atoms. The van der Waals surface area contributed by atoms with E-state index in [1.54, 1.807) is 12.1 Å². The Balaban J connectivity index is 2.10. The zero-order valence-corrected chi connectivity index (χ0v) is 11.0. The van der Waals surface area contributed by atoms with Crippen molar-refractivity contribution in [3.05, 3.63) is 47.0 Å². The summed E-state index contributed by atoms with van der Waals surface area (Å²) in [4.78, 5) is 16.0. The SMILES string of the molecule is Cc1cc(C#CCO)cc(C(=O)NCc2ncn[nH]2)c1. The zero-order valence-electron chi connectivity index (χ0n) is 11.0. The van der Waals surface area contributed by atoms with Gasteiger partial charge in [0.05, 0.1) is 6.54 Å². The fourth-order valence-corrected chi connectivity index (χ4v) is 1.71. The minimum atomic E-state index is -0.211. The van der Waals surface area contributed by atoms with Gasteiger partial charge in [-0.15, -0.1) is 0 Å². The van der Waals surface area contributed by atoms with Gasteiger partial charge in [-0.1, -0.05) is 11.8 Å². The summed E-state index contributed by atoms with van der Waals surface area (Å²) >= 11 is 0. The Bertz CT molecular complexity index is 654. The fourth-order valence-electron chi connectivity index (χ4n) is 1.71. The van der Waals surface area contributed by atoms with Crippen LogP contribution in [-0.4, -0.2) is 32.8 Å². The van der Waals surface area contributed by atoms with Crippen molar-refractivity contribution in [1.29, 1.82) is 0 Å². The second-order valence-corrected chi connectivity index (χ2v) is 4.16. The summed E-state index contributed by atoms with van der Waals surface area (Å²) in [5.41, 5.74) is 2.15. The normalized spacial score (nSPS) is 9.70. The summed E-state index contributed by atoms with van der Waals surface area (Å²) in [7, 11) is 0. The van der Waals surface area contributed by atoms with Crippen LogP contribution >= 0.6 is 0 Å². The molecule has 1 aromatic carbocycles. The molecule has 102 valence electrons. The molecule has 1 aromatic heterocycles. The van der Waals surface area contributed by atoms with Crippen LogP contribution < -0.4 is 5.32 Å². The number of carbonyl (C=O) groups is 1. The lowest BCUT2D eigenvalue weighted by Crippen LogP contribution is -2.23. The Morgan fingerprint density at radius 1 is 1.45 bits per heavy atom. The molecule has 20 heavy (non-hydrogen) atoms. The molecular weight excluding hydrogens is 256 g/mol. The molecule has 0 fully saturated rings. The number of aromatic amines is 1. The number of aliphatic hydroxyl groups is 1. The van der Waals surface area contributed by atoms with E-state index in [4.69, 9.17) is 5.11 Å². The number of benzene rings is 1. The Morgan fingerprint density at radius 3 is 3.00 bits per heavy atom. The van der Waals surface area contributed by atoms with Crippen LogP contribution in [-0.2, 0) is 6.54 Å². The number of nitrogens with zero attached hydrogens (tertiary/aromatic N) is 2. The monoisotopic (exact) mass is 270 g/mol. The first-order chi connectivity index (χ1) is 9.69.